The molecule has 114 valence electrons. The van der Waals surface area contributed by atoms with Gasteiger partial charge in [0.15, 0.2) is 0 Å². The van der Waals surface area contributed by atoms with E-state index in [0.717, 1.165) is 38.2 Å². The van der Waals surface area contributed by atoms with Crippen molar-refractivity contribution in [3.8, 4) is 0 Å². The normalized spacial score (nSPS) is 12.5. The monoisotopic (exact) mass is 286 g/mol. The minimum absolute atomic E-state index is 0.403. The fourth-order valence-corrected chi connectivity index (χ4v) is 2.60. The number of aryl methyl sites for hydroxylation is 2. The maximum Gasteiger partial charge on any atom is 0.138 e. The average molecular weight is 286 g/mol. The molecular formula is C17H26N4. The minimum Gasteiger partial charge on any atom is -0.313 e. The van der Waals surface area contributed by atoms with E-state index in [0.29, 0.717) is 6.04 Å². The first-order chi connectivity index (χ1) is 10.2. The molecule has 0 spiro atoms. The van der Waals surface area contributed by atoms with Crippen LogP contribution >= 0.6 is 0 Å². The highest BCUT2D eigenvalue weighted by atomic mass is 15.3. The zero-order valence-electron chi connectivity index (χ0n) is 13.3. The number of hydrogen-bond acceptors (Lipinski definition) is 3. The minimum atomic E-state index is 0.403. The molecule has 2 rings (SSSR count). The molecule has 0 radical (unpaired) electrons. The van der Waals surface area contributed by atoms with Crippen LogP contribution < -0.4 is 5.32 Å². The molecule has 0 bridgehead atoms. The molecule has 2 aromatic rings. The molecule has 4 heteroatoms. The van der Waals surface area contributed by atoms with Gasteiger partial charge in [0.2, 0.25) is 0 Å². The van der Waals surface area contributed by atoms with Gasteiger partial charge < -0.3 is 5.32 Å². The third-order valence-corrected chi connectivity index (χ3v) is 3.83. The first kappa shape index (κ1) is 15.7. The third-order valence-electron chi connectivity index (χ3n) is 3.83. The Balaban J connectivity index is 2.09. The summed E-state index contributed by atoms with van der Waals surface area (Å²) in [5.74, 6) is 1.07. The lowest BCUT2D eigenvalue weighted by Gasteiger charge is -2.19. The van der Waals surface area contributed by atoms with Gasteiger partial charge in [-0.25, -0.2) is 4.98 Å². The molecule has 4 nitrogen and oxygen atoms in total. The molecule has 0 aliphatic heterocycles. The number of aromatic nitrogens is 3. The molecule has 0 aliphatic carbocycles. The van der Waals surface area contributed by atoms with E-state index in [1.807, 2.05) is 4.68 Å². The lowest BCUT2D eigenvalue weighted by atomic mass is 9.99. The summed E-state index contributed by atoms with van der Waals surface area (Å²) in [6.45, 7) is 8.40. The smallest absolute Gasteiger partial charge is 0.138 e. The van der Waals surface area contributed by atoms with E-state index < -0.39 is 0 Å². The van der Waals surface area contributed by atoms with Gasteiger partial charge in [0.1, 0.15) is 12.2 Å². The Morgan fingerprint density at radius 1 is 1.19 bits per heavy atom. The van der Waals surface area contributed by atoms with Gasteiger partial charge in [-0.2, -0.15) is 5.10 Å². The Morgan fingerprint density at radius 3 is 2.71 bits per heavy atom. The Morgan fingerprint density at radius 2 is 2.00 bits per heavy atom. The number of nitrogens with one attached hydrogen (secondary N) is 1. The summed E-state index contributed by atoms with van der Waals surface area (Å²) in [5, 5.41) is 7.92. The van der Waals surface area contributed by atoms with Crippen molar-refractivity contribution in [1.29, 1.82) is 0 Å². The highest BCUT2D eigenvalue weighted by molar-refractivity contribution is 5.26. The zero-order chi connectivity index (χ0) is 15.1. The molecule has 0 saturated heterocycles. The van der Waals surface area contributed by atoms with E-state index in [2.05, 4.69) is 60.4 Å². The Bertz CT molecular complexity index is 547. The summed E-state index contributed by atoms with van der Waals surface area (Å²) in [6.07, 6.45) is 4.75. The van der Waals surface area contributed by atoms with Crippen molar-refractivity contribution in [3.63, 3.8) is 0 Å². The lowest BCUT2D eigenvalue weighted by molar-refractivity contribution is 0.477. The summed E-state index contributed by atoms with van der Waals surface area (Å²) >= 11 is 0. The van der Waals surface area contributed by atoms with Gasteiger partial charge in [-0.15, -0.1) is 0 Å². The van der Waals surface area contributed by atoms with Gasteiger partial charge in [0, 0.05) is 19.0 Å². The molecule has 0 amide bonds. The van der Waals surface area contributed by atoms with Crippen LogP contribution in [0.3, 0.4) is 0 Å². The fourth-order valence-electron chi connectivity index (χ4n) is 2.60. The van der Waals surface area contributed by atoms with Crippen LogP contribution in [0.1, 0.15) is 37.2 Å². The quantitative estimate of drug-likeness (QED) is 0.811. The van der Waals surface area contributed by atoms with Crippen LogP contribution in [-0.4, -0.2) is 27.4 Å². The first-order valence-electron chi connectivity index (χ1n) is 7.89. The molecule has 0 saturated carbocycles. The fraction of sp³-hybridized carbons (Fsp3) is 0.529. The van der Waals surface area contributed by atoms with Crippen LogP contribution in [0.15, 0.2) is 30.6 Å². The van der Waals surface area contributed by atoms with E-state index in [4.69, 9.17) is 0 Å². The third kappa shape index (κ3) is 4.39. The van der Waals surface area contributed by atoms with Crippen LogP contribution in [0, 0.1) is 6.92 Å². The zero-order valence-corrected chi connectivity index (χ0v) is 13.3. The van der Waals surface area contributed by atoms with E-state index >= 15 is 0 Å². The van der Waals surface area contributed by atoms with Crippen molar-refractivity contribution >= 4 is 0 Å². The van der Waals surface area contributed by atoms with Crippen molar-refractivity contribution in [1.82, 2.24) is 20.1 Å². The second-order valence-electron chi connectivity index (χ2n) is 5.48. The SMILES string of the molecule is CCCNC(Cc1ccccc1C)Cc1ncnn1CC. The van der Waals surface area contributed by atoms with Gasteiger partial charge in [0.25, 0.3) is 0 Å². The highest BCUT2D eigenvalue weighted by Crippen LogP contribution is 2.12. The van der Waals surface area contributed by atoms with E-state index in [9.17, 15) is 0 Å². The standard InChI is InChI=1S/C17H26N4/c1-4-10-18-16(11-15-9-7-6-8-14(15)3)12-17-19-13-20-21(17)5-2/h6-9,13,16,18H,4-5,10-12H2,1-3H3. The lowest BCUT2D eigenvalue weighted by Crippen LogP contribution is -2.35. The Kier molecular flexibility index (Phi) is 5.93. The first-order valence-corrected chi connectivity index (χ1v) is 7.89. The second kappa shape index (κ2) is 7.93. The topological polar surface area (TPSA) is 42.7 Å². The summed E-state index contributed by atoms with van der Waals surface area (Å²) in [6, 6.07) is 9.02. The van der Waals surface area contributed by atoms with Crippen molar-refractivity contribution < 1.29 is 0 Å². The molecule has 0 fully saturated rings. The summed E-state index contributed by atoms with van der Waals surface area (Å²) in [7, 11) is 0. The number of nitrogens with zero attached hydrogens (tertiary/aromatic N) is 3. The molecule has 21 heavy (non-hydrogen) atoms. The van der Waals surface area contributed by atoms with Crippen molar-refractivity contribution in [2.45, 2.75) is 52.6 Å². The maximum atomic E-state index is 4.41. The molecule has 1 atom stereocenters. The molecule has 1 unspecified atom stereocenters. The molecule has 1 aromatic heterocycles. The second-order valence-corrected chi connectivity index (χ2v) is 5.48. The van der Waals surface area contributed by atoms with Crippen molar-refractivity contribution in [2.75, 3.05) is 6.54 Å². The van der Waals surface area contributed by atoms with Gasteiger partial charge in [-0.1, -0.05) is 31.2 Å². The highest BCUT2D eigenvalue weighted by Gasteiger charge is 2.14. The summed E-state index contributed by atoms with van der Waals surface area (Å²) < 4.78 is 1.98. The number of benzene rings is 1. The Hall–Kier alpha value is -1.68. The van der Waals surface area contributed by atoms with E-state index in [1.54, 1.807) is 6.33 Å². The van der Waals surface area contributed by atoms with Crippen LogP contribution in [0.5, 0.6) is 0 Å². The number of rotatable bonds is 8. The molecule has 1 N–H and O–H groups in total. The van der Waals surface area contributed by atoms with Crippen LogP contribution in [-0.2, 0) is 19.4 Å². The largest absolute Gasteiger partial charge is 0.313 e. The van der Waals surface area contributed by atoms with Gasteiger partial charge in [0.05, 0.1) is 0 Å². The van der Waals surface area contributed by atoms with Gasteiger partial charge >= 0.3 is 0 Å². The van der Waals surface area contributed by atoms with Crippen molar-refractivity contribution in [3.05, 3.63) is 47.5 Å². The molecule has 1 heterocycles. The average Bonchev–Trinajstić information content (AvgIpc) is 2.94. The van der Waals surface area contributed by atoms with Crippen LogP contribution in [0.25, 0.3) is 0 Å². The Labute approximate surface area is 127 Å². The molecule has 0 aliphatic rings. The summed E-state index contributed by atoms with van der Waals surface area (Å²) in [5.41, 5.74) is 2.77. The van der Waals surface area contributed by atoms with Crippen LogP contribution in [0.4, 0.5) is 0 Å². The van der Waals surface area contributed by atoms with E-state index in [-0.39, 0.29) is 0 Å². The van der Waals surface area contributed by atoms with Gasteiger partial charge in [-0.05, 0) is 44.4 Å². The maximum absolute atomic E-state index is 4.41. The molecular weight excluding hydrogens is 260 g/mol. The number of hydrogen-bond donors (Lipinski definition) is 1. The van der Waals surface area contributed by atoms with Crippen molar-refractivity contribution in [2.24, 2.45) is 0 Å². The predicted octanol–water partition coefficient (Wildman–Crippen LogP) is 2.76. The van der Waals surface area contributed by atoms with Gasteiger partial charge in [-0.3, -0.25) is 4.68 Å². The van der Waals surface area contributed by atoms with E-state index in [1.165, 1.54) is 11.1 Å². The van der Waals surface area contributed by atoms with Crippen LogP contribution in [0.2, 0.25) is 0 Å². The molecule has 1 aromatic carbocycles. The summed E-state index contributed by atoms with van der Waals surface area (Å²) in [4.78, 5) is 4.41. The predicted molar refractivity (Wildman–Crippen MR) is 86.4 cm³/mol.